The Hall–Kier alpha value is -2.34. The third kappa shape index (κ3) is 3.78. The first-order valence-corrected chi connectivity index (χ1v) is 10.7. The molecule has 2 saturated heterocycles. The van der Waals surface area contributed by atoms with Crippen LogP contribution in [0.15, 0.2) is 30.3 Å². The van der Waals surface area contributed by atoms with Gasteiger partial charge in [-0.05, 0) is 25.3 Å². The highest BCUT2D eigenvalue weighted by Gasteiger charge is 2.53. The van der Waals surface area contributed by atoms with Crippen LogP contribution in [-0.4, -0.2) is 47.0 Å². The third-order valence-electron chi connectivity index (χ3n) is 6.48. The molecule has 1 aromatic carbocycles. The number of halogens is 1. The van der Waals surface area contributed by atoms with E-state index in [4.69, 9.17) is 17.3 Å². The Morgan fingerprint density at radius 2 is 2.00 bits per heavy atom. The highest BCUT2D eigenvalue weighted by Crippen LogP contribution is 2.48. The lowest BCUT2D eigenvalue weighted by Crippen LogP contribution is -2.37. The Morgan fingerprint density at radius 3 is 2.72 bits per heavy atom. The van der Waals surface area contributed by atoms with Gasteiger partial charge in [0.15, 0.2) is 5.82 Å². The number of fused-ring (bicyclic) bond motifs is 1. The van der Waals surface area contributed by atoms with Crippen LogP contribution in [0.5, 0.6) is 0 Å². The second-order valence-corrected chi connectivity index (χ2v) is 8.74. The van der Waals surface area contributed by atoms with Gasteiger partial charge in [-0.25, -0.2) is 4.98 Å². The summed E-state index contributed by atoms with van der Waals surface area (Å²) in [5.41, 5.74) is 7.97. The lowest BCUT2D eigenvalue weighted by molar-refractivity contribution is -0.130. The van der Waals surface area contributed by atoms with Crippen LogP contribution in [0.1, 0.15) is 31.0 Å². The summed E-state index contributed by atoms with van der Waals surface area (Å²) in [6, 6.07) is 10.6. The van der Waals surface area contributed by atoms with Gasteiger partial charge < -0.3 is 15.5 Å². The second kappa shape index (κ2) is 7.82. The van der Waals surface area contributed by atoms with E-state index >= 15 is 0 Å². The number of rotatable bonds is 5. The number of amides is 1. The van der Waals surface area contributed by atoms with Gasteiger partial charge in [-0.2, -0.15) is 4.98 Å². The fourth-order valence-corrected chi connectivity index (χ4v) is 5.13. The van der Waals surface area contributed by atoms with Gasteiger partial charge in [0.25, 0.3) is 0 Å². The van der Waals surface area contributed by atoms with E-state index in [1.54, 1.807) is 0 Å². The molecule has 154 valence electrons. The van der Waals surface area contributed by atoms with Crippen LogP contribution in [0.2, 0.25) is 5.02 Å². The number of likely N-dealkylation sites (tertiary alicyclic amines) is 1. The molecule has 6 nitrogen and oxygen atoms in total. The molecule has 0 radical (unpaired) electrons. The molecule has 0 spiro atoms. The lowest BCUT2D eigenvalue weighted by Gasteiger charge is -2.30. The fourth-order valence-electron chi connectivity index (χ4n) is 4.92. The van der Waals surface area contributed by atoms with Crippen molar-refractivity contribution < 1.29 is 4.79 Å². The van der Waals surface area contributed by atoms with Crippen LogP contribution in [-0.2, 0) is 11.2 Å². The summed E-state index contributed by atoms with van der Waals surface area (Å²) in [6.07, 6.45) is 2.58. The molecule has 4 rings (SSSR count). The van der Waals surface area contributed by atoms with Gasteiger partial charge in [0, 0.05) is 43.9 Å². The van der Waals surface area contributed by atoms with Crippen molar-refractivity contribution in [2.75, 3.05) is 36.8 Å². The molecule has 2 fully saturated rings. The normalized spacial score (nSPS) is 23.5. The number of anilines is 2. The molecule has 2 unspecified atom stereocenters. The predicted octanol–water partition coefficient (Wildman–Crippen LogP) is 3.33. The van der Waals surface area contributed by atoms with Crippen LogP contribution >= 0.6 is 11.6 Å². The molecule has 0 aliphatic carbocycles. The van der Waals surface area contributed by atoms with Gasteiger partial charge in [-0.15, -0.1) is 0 Å². The summed E-state index contributed by atoms with van der Waals surface area (Å²) in [5.74, 6) is 1.61. The summed E-state index contributed by atoms with van der Waals surface area (Å²) in [6.45, 7) is 7.05. The number of nitrogens with two attached hydrogens (primary N) is 1. The van der Waals surface area contributed by atoms with Crippen molar-refractivity contribution in [2.45, 2.75) is 33.1 Å². The predicted molar refractivity (Wildman–Crippen MR) is 116 cm³/mol. The van der Waals surface area contributed by atoms with Gasteiger partial charge in [0.05, 0.1) is 5.69 Å². The number of carbonyl (C=O) groups is 1. The van der Waals surface area contributed by atoms with E-state index < -0.39 is 0 Å². The molecule has 2 aliphatic heterocycles. The van der Waals surface area contributed by atoms with Crippen LogP contribution in [0.3, 0.4) is 0 Å². The number of carbonyl (C=O) groups excluding carboxylic acids is 1. The first-order chi connectivity index (χ1) is 13.9. The zero-order chi connectivity index (χ0) is 20.6. The van der Waals surface area contributed by atoms with Gasteiger partial charge in [-0.3, -0.25) is 4.79 Å². The minimum atomic E-state index is 0.0393. The first-order valence-electron chi connectivity index (χ1n) is 10.3. The molecule has 29 heavy (non-hydrogen) atoms. The average Bonchev–Trinajstić information content (AvgIpc) is 3.24. The van der Waals surface area contributed by atoms with Crippen molar-refractivity contribution in [3.8, 4) is 0 Å². The molecule has 0 saturated carbocycles. The first kappa shape index (κ1) is 20.0. The summed E-state index contributed by atoms with van der Waals surface area (Å²) >= 11 is 6.54. The van der Waals surface area contributed by atoms with E-state index in [-0.39, 0.29) is 17.3 Å². The number of aromatic nitrogens is 2. The highest BCUT2D eigenvalue weighted by molar-refractivity contribution is 6.33. The smallest absolute Gasteiger partial charge is 0.222 e. The van der Waals surface area contributed by atoms with E-state index in [0.717, 1.165) is 44.8 Å². The van der Waals surface area contributed by atoms with Gasteiger partial charge in [0.1, 0.15) is 5.02 Å². The van der Waals surface area contributed by atoms with E-state index in [2.05, 4.69) is 39.1 Å². The number of benzene rings is 1. The zero-order valence-corrected chi connectivity index (χ0v) is 17.8. The average molecular weight is 414 g/mol. The van der Waals surface area contributed by atoms with Crippen molar-refractivity contribution in [1.29, 1.82) is 0 Å². The van der Waals surface area contributed by atoms with Crippen LogP contribution in [0, 0.1) is 18.3 Å². The molecule has 1 amide bonds. The summed E-state index contributed by atoms with van der Waals surface area (Å²) in [5, 5.41) is 0.568. The van der Waals surface area contributed by atoms with Crippen LogP contribution in [0.25, 0.3) is 0 Å². The second-order valence-electron chi connectivity index (χ2n) is 8.36. The van der Waals surface area contributed by atoms with Crippen LogP contribution in [0.4, 0.5) is 11.8 Å². The Bertz CT molecular complexity index is 906. The van der Waals surface area contributed by atoms with Gasteiger partial charge in [-0.1, -0.05) is 48.9 Å². The quantitative estimate of drug-likeness (QED) is 0.813. The Labute approximate surface area is 177 Å². The van der Waals surface area contributed by atoms with Crippen molar-refractivity contribution in [2.24, 2.45) is 11.3 Å². The topological polar surface area (TPSA) is 75.4 Å². The Kier molecular flexibility index (Phi) is 5.38. The van der Waals surface area contributed by atoms with E-state index in [1.807, 2.05) is 24.8 Å². The van der Waals surface area contributed by atoms with E-state index in [9.17, 15) is 4.79 Å². The molecular formula is C22H28ClN5O. The van der Waals surface area contributed by atoms with Crippen molar-refractivity contribution >= 4 is 29.3 Å². The molecule has 3 heterocycles. The largest absolute Gasteiger partial charge is 0.368 e. The van der Waals surface area contributed by atoms with Gasteiger partial charge >= 0.3 is 0 Å². The molecule has 2 N–H and O–H groups in total. The van der Waals surface area contributed by atoms with Crippen LogP contribution < -0.4 is 10.6 Å². The third-order valence-corrected chi connectivity index (χ3v) is 6.93. The van der Waals surface area contributed by atoms with E-state index in [1.165, 1.54) is 5.56 Å². The number of aryl methyl sites for hydroxylation is 2. The Morgan fingerprint density at radius 1 is 1.24 bits per heavy atom. The SMILES string of the molecule is CCC(=O)N1CC2CN(c3nc(N)nc(C)c3Cl)CC2(CCc2ccccc2)C1. The lowest BCUT2D eigenvalue weighted by atomic mass is 9.76. The molecule has 7 heteroatoms. The maximum absolute atomic E-state index is 12.4. The van der Waals surface area contributed by atoms with Gasteiger partial charge in [0.2, 0.25) is 11.9 Å². The molecule has 2 atom stereocenters. The maximum Gasteiger partial charge on any atom is 0.222 e. The molecule has 2 aliphatic rings. The Balaban J connectivity index is 1.60. The summed E-state index contributed by atoms with van der Waals surface area (Å²) in [7, 11) is 0. The number of hydrogen-bond acceptors (Lipinski definition) is 5. The molecular weight excluding hydrogens is 386 g/mol. The van der Waals surface area contributed by atoms with Crippen molar-refractivity contribution in [3.05, 3.63) is 46.6 Å². The van der Waals surface area contributed by atoms with Crippen molar-refractivity contribution in [3.63, 3.8) is 0 Å². The fraction of sp³-hybridized carbons (Fsp3) is 0.500. The maximum atomic E-state index is 12.4. The van der Waals surface area contributed by atoms with E-state index in [0.29, 0.717) is 23.1 Å². The molecule has 2 aromatic rings. The monoisotopic (exact) mass is 413 g/mol. The summed E-state index contributed by atoms with van der Waals surface area (Å²) in [4.78, 5) is 25.3. The number of nitrogen functional groups attached to an aromatic ring is 1. The highest BCUT2D eigenvalue weighted by atomic mass is 35.5. The number of nitrogens with zero attached hydrogens (tertiary/aromatic N) is 4. The van der Waals surface area contributed by atoms with Crippen molar-refractivity contribution in [1.82, 2.24) is 14.9 Å². The summed E-state index contributed by atoms with van der Waals surface area (Å²) < 4.78 is 0. The minimum absolute atomic E-state index is 0.0393. The standard InChI is InChI=1S/C22H28ClN5O/c1-3-18(29)27-11-17-12-28(20-19(23)15(2)25-21(24)26-20)14-22(17,13-27)10-9-16-7-5-4-6-8-16/h4-8,17H,3,9-14H2,1-2H3,(H2,24,25,26). The number of hydrogen-bond donors (Lipinski definition) is 1. The minimum Gasteiger partial charge on any atom is -0.368 e. The zero-order valence-electron chi connectivity index (χ0n) is 17.1. The molecule has 0 bridgehead atoms. The molecule has 1 aromatic heterocycles.